The van der Waals surface area contributed by atoms with Gasteiger partial charge in [-0.3, -0.25) is 4.79 Å². The Morgan fingerprint density at radius 1 is 1.33 bits per heavy atom. The molecule has 0 bridgehead atoms. The maximum Gasteiger partial charge on any atom is 0.307 e. The Morgan fingerprint density at radius 2 is 1.93 bits per heavy atom. The molecule has 0 heterocycles. The molecule has 0 aromatic heterocycles. The van der Waals surface area contributed by atoms with E-state index < -0.39 is 5.97 Å². The highest BCUT2D eigenvalue weighted by molar-refractivity contribution is 5.75. The van der Waals surface area contributed by atoms with Crippen LogP contribution in [0.5, 0.6) is 5.75 Å². The summed E-state index contributed by atoms with van der Waals surface area (Å²) in [5.74, 6) is -0.843. The van der Waals surface area contributed by atoms with Crippen LogP contribution in [-0.2, 0) is 4.79 Å². The Morgan fingerprint density at radius 3 is 2.47 bits per heavy atom. The number of aliphatic carboxylic acids is 1. The Kier molecular flexibility index (Phi) is 2.18. The zero-order valence-electron chi connectivity index (χ0n) is 8.82. The number of phenols is 1. The summed E-state index contributed by atoms with van der Waals surface area (Å²) in [6, 6.07) is 3.61. The largest absolute Gasteiger partial charge is 0.508 e. The van der Waals surface area contributed by atoms with Crippen molar-refractivity contribution in [3.05, 3.63) is 28.8 Å². The zero-order valence-corrected chi connectivity index (χ0v) is 8.82. The van der Waals surface area contributed by atoms with Crippen LogP contribution in [0.4, 0.5) is 0 Å². The molecular formula is C12H14O3. The Balaban J connectivity index is 2.31. The first-order valence-corrected chi connectivity index (χ1v) is 5.03. The number of carbonyl (C=O) groups is 1. The second-order valence-electron chi connectivity index (χ2n) is 4.28. The van der Waals surface area contributed by atoms with E-state index in [9.17, 15) is 9.90 Å². The highest BCUT2D eigenvalue weighted by atomic mass is 16.4. The van der Waals surface area contributed by atoms with Gasteiger partial charge in [0.2, 0.25) is 0 Å². The molecule has 2 rings (SSSR count). The lowest BCUT2D eigenvalue weighted by atomic mass is 10.0. The Hall–Kier alpha value is -1.51. The third kappa shape index (κ3) is 1.69. The fourth-order valence-corrected chi connectivity index (χ4v) is 1.93. The van der Waals surface area contributed by atoms with Gasteiger partial charge < -0.3 is 10.2 Å². The van der Waals surface area contributed by atoms with Gasteiger partial charge >= 0.3 is 5.97 Å². The predicted octanol–water partition coefficient (Wildman–Crippen LogP) is 2.20. The van der Waals surface area contributed by atoms with Gasteiger partial charge in [-0.2, -0.15) is 0 Å². The predicted molar refractivity (Wildman–Crippen MR) is 56.1 cm³/mol. The lowest BCUT2D eigenvalue weighted by molar-refractivity contribution is -0.138. The van der Waals surface area contributed by atoms with E-state index in [4.69, 9.17) is 5.11 Å². The van der Waals surface area contributed by atoms with Gasteiger partial charge in [-0.15, -0.1) is 0 Å². The molecule has 0 saturated heterocycles. The van der Waals surface area contributed by atoms with Crippen molar-refractivity contribution in [3.8, 4) is 5.75 Å². The van der Waals surface area contributed by atoms with Crippen LogP contribution in [0.25, 0.3) is 0 Å². The number of rotatable bonds is 2. The molecule has 0 aliphatic heterocycles. The summed E-state index contributed by atoms with van der Waals surface area (Å²) in [4.78, 5) is 10.7. The van der Waals surface area contributed by atoms with Crippen molar-refractivity contribution >= 4 is 5.97 Å². The molecule has 1 aliphatic carbocycles. The van der Waals surface area contributed by atoms with E-state index in [1.165, 1.54) is 0 Å². The number of carboxylic acid groups (broad SMARTS) is 1. The third-order valence-electron chi connectivity index (χ3n) is 3.15. The van der Waals surface area contributed by atoms with Crippen molar-refractivity contribution in [1.82, 2.24) is 0 Å². The summed E-state index contributed by atoms with van der Waals surface area (Å²) >= 11 is 0. The number of hydrogen-bond donors (Lipinski definition) is 2. The lowest BCUT2D eigenvalue weighted by Crippen LogP contribution is -1.99. The zero-order chi connectivity index (χ0) is 11.2. The molecule has 0 unspecified atom stereocenters. The van der Waals surface area contributed by atoms with Crippen LogP contribution < -0.4 is 0 Å². The van der Waals surface area contributed by atoms with E-state index in [1.807, 2.05) is 19.9 Å². The maximum atomic E-state index is 10.7. The minimum absolute atomic E-state index is 0.00167. The van der Waals surface area contributed by atoms with Gasteiger partial charge in [0.15, 0.2) is 0 Å². The van der Waals surface area contributed by atoms with Crippen LogP contribution in [0.15, 0.2) is 12.1 Å². The molecule has 3 heteroatoms. The molecular weight excluding hydrogens is 192 g/mol. The quantitative estimate of drug-likeness (QED) is 0.779. The number of aromatic hydroxyl groups is 1. The van der Waals surface area contributed by atoms with Gasteiger partial charge in [0, 0.05) is 5.92 Å². The summed E-state index contributed by atoms with van der Waals surface area (Å²) < 4.78 is 0. The first kappa shape index (κ1) is 10.0. The minimum Gasteiger partial charge on any atom is -0.508 e. The molecule has 2 N–H and O–H groups in total. The SMILES string of the molecule is Cc1cc(O)c([C@@H]2C[C@H]2C(=O)O)cc1C. The molecule has 3 nitrogen and oxygen atoms in total. The summed E-state index contributed by atoms with van der Waals surface area (Å²) in [5, 5.41) is 18.6. The normalized spacial score (nSPS) is 23.9. The van der Waals surface area contributed by atoms with Crippen LogP contribution in [-0.4, -0.2) is 16.2 Å². The van der Waals surface area contributed by atoms with Gasteiger partial charge in [0.05, 0.1) is 5.92 Å². The molecule has 1 aromatic carbocycles. The van der Waals surface area contributed by atoms with Crippen LogP contribution in [0.1, 0.15) is 29.0 Å². The highest BCUT2D eigenvalue weighted by Crippen LogP contribution is 2.50. The van der Waals surface area contributed by atoms with E-state index in [-0.39, 0.29) is 17.6 Å². The maximum absolute atomic E-state index is 10.7. The molecule has 15 heavy (non-hydrogen) atoms. The molecule has 1 fully saturated rings. The third-order valence-corrected chi connectivity index (χ3v) is 3.15. The van der Waals surface area contributed by atoms with Crippen molar-refractivity contribution < 1.29 is 15.0 Å². The van der Waals surface area contributed by atoms with Gasteiger partial charge in [0.25, 0.3) is 0 Å². The van der Waals surface area contributed by atoms with Crippen molar-refractivity contribution in [2.75, 3.05) is 0 Å². The Labute approximate surface area is 88.4 Å². The van der Waals surface area contributed by atoms with Crippen molar-refractivity contribution in [1.29, 1.82) is 0 Å². The fraction of sp³-hybridized carbons (Fsp3) is 0.417. The van der Waals surface area contributed by atoms with E-state index in [1.54, 1.807) is 6.07 Å². The van der Waals surface area contributed by atoms with E-state index in [0.29, 0.717) is 6.42 Å². The van der Waals surface area contributed by atoms with Crippen LogP contribution in [0, 0.1) is 19.8 Å². The molecule has 0 spiro atoms. The van der Waals surface area contributed by atoms with Gasteiger partial charge in [0.1, 0.15) is 5.75 Å². The first-order valence-electron chi connectivity index (χ1n) is 5.03. The minimum atomic E-state index is -0.766. The van der Waals surface area contributed by atoms with Crippen molar-refractivity contribution in [3.63, 3.8) is 0 Å². The smallest absolute Gasteiger partial charge is 0.307 e. The second kappa shape index (κ2) is 3.26. The summed E-state index contributed by atoms with van der Waals surface area (Å²) in [7, 11) is 0. The van der Waals surface area contributed by atoms with Gasteiger partial charge in [-0.1, -0.05) is 6.07 Å². The summed E-state index contributed by atoms with van der Waals surface area (Å²) in [6.07, 6.45) is 0.644. The van der Waals surface area contributed by atoms with Crippen LogP contribution in [0.3, 0.4) is 0 Å². The second-order valence-corrected chi connectivity index (χ2v) is 4.28. The van der Waals surface area contributed by atoms with Gasteiger partial charge in [-0.05, 0) is 43.0 Å². The highest BCUT2D eigenvalue weighted by Gasteiger charge is 2.45. The number of hydrogen-bond acceptors (Lipinski definition) is 2. The molecule has 1 aromatic rings. The fourth-order valence-electron chi connectivity index (χ4n) is 1.93. The number of phenolic OH excluding ortho intramolecular Hbond substituents is 1. The van der Waals surface area contributed by atoms with Gasteiger partial charge in [-0.25, -0.2) is 0 Å². The van der Waals surface area contributed by atoms with Crippen molar-refractivity contribution in [2.45, 2.75) is 26.2 Å². The lowest BCUT2D eigenvalue weighted by Gasteiger charge is -2.07. The molecule has 80 valence electrons. The number of carboxylic acids is 1. The molecule has 1 aliphatic rings. The van der Waals surface area contributed by atoms with Crippen molar-refractivity contribution in [2.24, 2.45) is 5.92 Å². The number of benzene rings is 1. The molecule has 1 saturated carbocycles. The summed E-state index contributed by atoms with van der Waals surface area (Å²) in [6.45, 7) is 3.90. The monoisotopic (exact) mass is 206 g/mol. The topological polar surface area (TPSA) is 57.5 Å². The molecule has 0 amide bonds. The standard InChI is InChI=1S/C12H14O3/c1-6-3-9(11(13)4-7(6)2)8-5-10(8)12(14)15/h3-4,8,10,13H,5H2,1-2H3,(H,14,15)/t8-,10+/m0/s1. The van der Waals surface area contributed by atoms with Crippen LogP contribution in [0.2, 0.25) is 0 Å². The molecule has 0 radical (unpaired) electrons. The summed E-state index contributed by atoms with van der Waals surface area (Å²) in [5.41, 5.74) is 2.91. The average Bonchev–Trinajstić information content (AvgIpc) is 2.90. The molecule has 2 atom stereocenters. The van der Waals surface area contributed by atoms with E-state index in [0.717, 1.165) is 16.7 Å². The average molecular weight is 206 g/mol. The first-order chi connectivity index (χ1) is 7.00. The Bertz CT molecular complexity index is 423. The van der Waals surface area contributed by atoms with E-state index in [2.05, 4.69) is 0 Å². The van der Waals surface area contributed by atoms with Crippen LogP contribution >= 0.6 is 0 Å². The number of aryl methyl sites for hydroxylation is 2. The van der Waals surface area contributed by atoms with E-state index >= 15 is 0 Å².